The number of methoxy groups -OCH3 is 1. The monoisotopic (exact) mass is 391 g/mol. The Morgan fingerprint density at radius 3 is 2.55 bits per heavy atom. The number of hydrogen-bond acceptors (Lipinski definition) is 5. The van der Waals surface area contributed by atoms with E-state index in [4.69, 9.17) is 0 Å². The van der Waals surface area contributed by atoms with Gasteiger partial charge in [-0.3, -0.25) is 9.59 Å². The predicted molar refractivity (Wildman–Crippen MR) is 110 cm³/mol. The molecule has 0 aliphatic rings. The van der Waals surface area contributed by atoms with E-state index in [0.717, 1.165) is 5.56 Å². The van der Waals surface area contributed by atoms with Crippen molar-refractivity contribution in [3.63, 3.8) is 0 Å². The molecule has 0 atom stereocenters. The maximum atomic E-state index is 12.6. The molecule has 0 aliphatic heterocycles. The lowest BCUT2D eigenvalue weighted by molar-refractivity contribution is -0.126. The molecule has 0 saturated carbocycles. The molecule has 0 unspecified atom stereocenters. The summed E-state index contributed by atoms with van der Waals surface area (Å²) in [5.41, 5.74) is 1.59. The maximum Gasteiger partial charge on any atom is 0.337 e. The summed E-state index contributed by atoms with van der Waals surface area (Å²) in [7, 11) is 1.33. The summed E-state index contributed by atoms with van der Waals surface area (Å²) in [5, 5.41) is 0.515. The largest absolute Gasteiger partial charge is 0.465 e. The quantitative estimate of drug-likeness (QED) is 0.515. The van der Waals surface area contributed by atoms with E-state index in [2.05, 4.69) is 14.7 Å². The molecule has 0 fully saturated rings. The third-order valence-electron chi connectivity index (χ3n) is 4.45. The standard InChI is InChI=1S/C22H21N3O4/c1-3-25(14-19-23-18-7-5-4-6-17(18)21(27)24-19)20(26)13-10-15-8-11-16(12-9-15)22(28)29-2/h4-13H,3,14H2,1-2H3,(H,23,24,27). The first kappa shape index (κ1) is 20.0. The Labute approximate surface area is 167 Å². The van der Waals surface area contributed by atoms with Gasteiger partial charge >= 0.3 is 5.97 Å². The normalized spacial score (nSPS) is 11.0. The van der Waals surface area contributed by atoms with Gasteiger partial charge in [-0.1, -0.05) is 24.3 Å². The van der Waals surface area contributed by atoms with Gasteiger partial charge in [-0.25, -0.2) is 9.78 Å². The van der Waals surface area contributed by atoms with E-state index in [-0.39, 0.29) is 18.0 Å². The second kappa shape index (κ2) is 8.97. The van der Waals surface area contributed by atoms with E-state index in [0.29, 0.717) is 28.8 Å². The van der Waals surface area contributed by atoms with Crippen LogP contribution in [0.5, 0.6) is 0 Å². The van der Waals surface area contributed by atoms with E-state index in [1.54, 1.807) is 53.4 Å². The lowest BCUT2D eigenvalue weighted by atomic mass is 10.1. The van der Waals surface area contributed by atoms with Crippen LogP contribution >= 0.6 is 0 Å². The molecule has 7 heteroatoms. The van der Waals surface area contributed by atoms with Crippen molar-refractivity contribution in [2.45, 2.75) is 13.5 Å². The molecule has 148 valence electrons. The van der Waals surface area contributed by atoms with Crippen LogP contribution < -0.4 is 5.56 Å². The van der Waals surface area contributed by atoms with Crippen molar-refractivity contribution in [2.24, 2.45) is 0 Å². The van der Waals surface area contributed by atoms with Gasteiger partial charge in [0, 0.05) is 12.6 Å². The van der Waals surface area contributed by atoms with Crippen molar-refractivity contribution in [3.8, 4) is 0 Å². The number of fused-ring (bicyclic) bond motifs is 1. The first-order valence-electron chi connectivity index (χ1n) is 9.15. The number of benzene rings is 2. The Balaban J connectivity index is 1.73. The molecule has 1 amide bonds. The third kappa shape index (κ3) is 4.76. The number of H-pyrrole nitrogens is 1. The molecule has 7 nitrogen and oxygen atoms in total. The zero-order valence-corrected chi connectivity index (χ0v) is 16.2. The predicted octanol–water partition coefficient (Wildman–Crippen LogP) is 2.77. The highest BCUT2D eigenvalue weighted by Crippen LogP contribution is 2.10. The topological polar surface area (TPSA) is 92.4 Å². The first-order chi connectivity index (χ1) is 14.0. The molecule has 3 rings (SSSR count). The summed E-state index contributed by atoms with van der Waals surface area (Å²) < 4.78 is 4.66. The first-order valence-corrected chi connectivity index (χ1v) is 9.15. The van der Waals surface area contributed by atoms with E-state index < -0.39 is 5.97 Å². The van der Waals surface area contributed by atoms with Gasteiger partial charge in [-0.2, -0.15) is 0 Å². The number of nitrogens with zero attached hydrogens (tertiary/aromatic N) is 2. The zero-order chi connectivity index (χ0) is 20.8. The molecule has 1 heterocycles. The summed E-state index contributed by atoms with van der Waals surface area (Å²) in [4.78, 5) is 45.0. The number of para-hydroxylation sites is 1. The lowest BCUT2D eigenvalue weighted by Crippen LogP contribution is -2.30. The minimum absolute atomic E-state index is 0.195. The zero-order valence-electron chi connectivity index (χ0n) is 16.2. The number of carbonyl (C=O) groups excluding carboxylic acids is 2. The van der Waals surface area contributed by atoms with Gasteiger partial charge in [-0.15, -0.1) is 0 Å². The molecule has 3 aromatic rings. The lowest BCUT2D eigenvalue weighted by Gasteiger charge is -2.18. The molecule has 1 aromatic heterocycles. The molecule has 0 radical (unpaired) electrons. The third-order valence-corrected chi connectivity index (χ3v) is 4.45. The summed E-state index contributed by atoms with van der Waals surface area (Å²) >= 11 is 0. The van der Waals surface area contributed by atoms with E-state index in [9.17, 15) is 14.4 Å². The van der Waals surface area contributed by atoms with Gasteiger partial charge in [-0.05, 0) is 42.8 Å². The molecule has 0 bridgehead atoms. The number of amides is 1. The smallest absolute Gasteiger partial charge is 0.337 e. The Morgan fingerprint density at radius 2 is 1.86 bits per heavy atom. The van der Waals surface area contributed by atoms with E-state index in [1.165, 1.54) is 13.2 Å². The van der Waals surface area contributed by atoms with Crippen molar-refractivity contribution >= 4 is 28.9 Å². The fourth-order valence-electron chi connectivity index (χ4n) is 2.86. The van der Waals surface area contributed by atoms with Crippen LogP contribution in [0.15, 0.2) is 59.4 Å². The summed E-state index contributed by atoms with van der Waals surface area (Å²) in [6.45, 7) is 2.51. The van der Waals surface area contributed by atoms with Crippen molar-refractivity contribution in [2.75, 3.05) is 13.7 Å². The average molecular weight is 391 g/mol. The number of nitrogens with one attached hydrogen (secondary N) is 1. The van der Waals surface area contributed by atoms with Gasteiger partial charge in [0.15, 0.2) is 0 Å². The van der Waals surface area contributed by atoms with Crippen molar-refractivity contribution in [3.05, 3.63) is 81.9 Å². The Morgan fingerprint density at radius 1 is 1.14 bits per heavy atom. The van der Waals surface area contributed by atoms with Crippen LogP contribution in [0.1, 0.15) is 28.7 Å². The Bertz CT molecular complexity index is 1120. The molecule has 1 N–H and O–H groups in total. The van der Waals surface area contributed by atoms with E-state index in [1.807, 2.05) is 13.0 Å². The minimum Gasteiger partial charge on any atom is -0.465 e. The molecule has 0 aliphatic carbocycles. The van der Waals surface area contributed by atoms with Crippen LogP contribution in [-0.4, -0.2) is 40.4 Å². The molecule has 29 heavy (non-hydrogen) atoms. The van der Waals surface area contributed by atoms with Crippen LogP contribution in [-0.2, 0) is 16.1 Å². The molecule has 0 spiro atoms. The summed E-state index contributed by atoms with van der Waals surface area (Å²) in [6.07, 6.45) is 3.12. The van der Waals surface area contributed by atoms with Crippen LogP contribution in [0.25, 0.3) is 17.0 Å². The highest BCUT2D eigenvalue weighted by atomic mass is 16.5. The number of esters is 1. The van der Waals surface area contributed by atoms with Gasteiger partial charge in [0.05, 0.1) is 30.1 Å². The highest BCUT2D eigenvalue weighted by molar-refractivity contribution is 5.92. The van der Waals surface area contributed by atoms with E-state index >= 15 is 0 Å². The molecule has 0 saturated heterocycles. The summed E-state index contributed by atoms with van der Waals surface area (Å²) in [5.74, 6) is -0.189. The van der Waals surface area contributed by atoms with Gasteiger partial charge in [0.1, 0.15) is 5.82 Å². The Hall–Kier alpha value is -3.74. The van der Waals surface area contributed by atoms with Gasteiger partial charge < -0.3 is 14.6 Å². The number of aromatic amines is 1. The highest BCUT2D eigenvalue weighted by Gasteiger charge is 2.12. The molecule has 2 aromatic carbocycles. The number of hydrogen-bond donors (Lipinski definition) is 1. The van der Waals surface area contributed by atoms with Crippen molar-refractivity contribution < 1.29 is 14.3 Å². The van der Waals surface area contributed by atoms with Gasteiger partial charge in [0.25, 0.3) is 5.56 Å². The van der Waals surface area contributed by atoms with Crippen LogP contribution in [0.2, 0.25) is 0 Å². The van der Waals surface area contributed by atoms with Crippen LogP contribution in [0, 0.1) is 0 Å². The minimum atomic E-state index is -0.411. The number of ether oxygens (including phenoxy) is 1. The summed E-state index contributed by atoms with van der Waals surface area (Å²) in [6, 6.07) is 13.8. The number of rotatable bonds is 6. The van der Waals surface area contributed by atoms with Crippen molar-refractivity contribution in [1.29, 1.82) is 0 Å². The SMILES string of the molecule is CCN(Cc1nc2ccccc2c(=O)[nH]1)C(=O)C=Cc1ccc(C(=O)OC)cc1. The van der Waals surface area contributed by atoms with Crippen LogP contribution in [0.4, 0.5) is 0 Å². The van der Waals surface area contributed by atoms with Crippen LogP contribution in [0.3, 0.4) is 0 Å². The maximum absolute atomic E-state index is 12.6. The number of likely N-dealkylation sites (N-methyl/N-ethyl adjacent to an activating group) is 1. The van der Waals surface area contributed by atoms with Gasteiger partial charge in [0.2, 0.25) is 5.91 Å². The number of carbonyl (C=O) groups is 2. The molecular weight excluding hydrogens is 370 g/mol. The Kier molecular flexibility index (Phi) is 6.19. The average Bonchev–Trinajstić information content (AvgIpc) is 2.75. The second-order valence-electron chi connectivity index (χ2n) is 6.33. The van der Waals surface area contributed by atoms with Crippen molar-refractivity contribution in [1.82, 2.24) is 14.9 Å². The second-order valence-corrected chi connectivity index (χ2v) is 6.33. The number of aromatic nitrogens is 2. The fraction of sp³-hybridized carbons (Fsp3) is 0.182. The fourth-order valence-corrected chi connectivity index (χ4v) is 2.86. The molecular formula is C22H21N3O4.